The highest BCUT2D eigenvalue weighted by atomic mass is 79.9. The summed E-state index contributed by atoms with van der Waals surface area (Å²) in [7, 11) is 0. The molecule has 1 N–H and O–H groups in total. The van der Waals surface area contributed by atoms with Gasteiger partial charge < -0.3 is 13.9 Å². The lowest BCUT2D eigenvalue weighted by Gasteiger charge is -2.14. The molecule has 0 aliphatic rings. The number of hydrazone groups is 1. The van der Waals surface area contributed by atoms with Crippen molar-refractivity contribution in [3.8, 4) is 11.5 Å². The molecule has 0 atom stereocenters. The summed E-state index contributed by atoms with van der Waals surface area (Å²) in [5.41, 5.74) is 6.13. The number of carbonyl (C=O) groups is 1. The van der Waals surface area contributed by atoms with Gasteiger partial charge in [0, 0.05) is 15.4 Å². The third-order valence-corrected chi connectivity index (χ3v) is 5.55. The highest BCUT2D eigenvalue weighted by molar-refractivity contribution is 9.10. The Balaban J connectivity index is 1.47. The van der Waals surface area contributed by atoms with Gasteiger partial charge in [-0.3, -0.25) is 4.79 Å². The summed E-state index contributed by atoms with van der Waals surface area (Å²) in [5.74, 6) is 0.983. The van der Waals surface area contributed by atoms with Crippen LogP contribution in [-0.4, -0.2) is 18.7 Å². The van der Waals surface area contributed by atoms with Gasteiger partial charge in [0.05, 0.1) is 12.8 Å². The average molecular weight is 507 g/mol. The van der Waals surface area contributed by atoms with Crippen LogP contribution in [0.1, 0.15) is 34.2 Å². The Morgan fingerprint density at radius 2 is 1.88 bits per heavy atom. The lowest BCUT2D eigenvalue weighted by molar-refractivity contribution is 0.0929. The van der Waals surface area contributed by atoms with E-state index >= 15 is 0 Å². The summed E-state index contributed by atoms with van der Waals surface area (Å²) in [6.07, 6.45) is 1.54. The van der Waals surface area contributed by atoms with Crippen molar-refractivity contribution in [1.29, 1.82) is 0 Å². The molecule has 4 aromatic rings. The first-order valence-corrected chi connectivity index (χ1v) is 11.3. The minimum absolute atomic E-state index is 0.197. The van der Waals surface area contributed by atoms with Crippen LogP contribution >= 0.6 is 15.9 Å². The number of hydrogen-bond acceptors (Lipinski definition) is 5. The molecule has 0 fully saturated rings. The summed E-state index contributed by atoms with van der Waals surface area (Å²) >= 11 is 3.55. The second kappa shape index (κ2) is 10.4. The van der Waals surface area contributed by atoms with Gasteiger partial charge in [-0.25, -0.2) is 5.43 Å². The number of benzene rings is 3. The molecule has 0 radical (unpaired) electrons. The van der Waals surface area contributed by atoms with Crippen LogP contribution < -0.4 is 14.9 Å². The summed E-state index contributed by atoms with van der Waals surface area (Å²) < 4.78 is 18.1. The number of furan rings is 1. The first-order chi connectivity index (χ1) is 16.0. The maximum atomic E-state index is 12.4. The van der Waals surface area contributed by atoms with Crippen molar-refractivity contribution in [2.75, 3.05) is 6.61 Å². The number of hydrogen-bond donors (Lipinski definition) is 1. The quantitative estimate of drug-likeness (QED) is 0.226. The van der Waals surface area contributed by atoms with Gasteiger partial charge in [0.2, 0.25) is 0 Å². The molecule has 1 heterocycles. The van der Waals surface area contributed by atoms with Gasteiger partial charge in [-0.15, -0.1) is 0 Å². The fourth-order valence-corrected chi connectivity index (χ4v) is 3.73. The van der Waals surface area contributed by atoms with Gasteiger partial charge >= 0.3 is 5.91 Å². The molecular formula is C26H23BrN2O4. The highest BCUT2D eigenvalue weighted by Crippen LogP contribution is 2.34. The molecule has 0 aliphatic heterocycles. The molecule has 4 rings (SSSR count). The molecule has 7 heteroatoms. The molecule has 6 nitrogen and oxygen atoms in total. The van der Waals surface area contributed by atoms with Gasteiger partial charge in [0.25, 0.3) is 0 Å². The van der Waals surface area contributed by atoms with Crippen LogP contribution in [0, 0.1) is 6.92 Å². The van der Waals surface area contributed by atoms with Crippen LogP contribution in [0.3, 0.4) is 0 Å². The fourth-order valence-electron chi connectivity index (χ4n) is 3.30. The zero-order chi connectivity index (χ0) is 23.2. The Morgan fingerprint density at radius 3 is 2.67 bits per heavy atom. The van der Waals surface area contributed by atoms with Crippen molar-refractivity contribution in [3.05, 3.63) is 93.7 Å². The highest BCUT2D eigenvalue weighted by Gasteiger charge is 2.13. The molecule has 0 aliphatic carbocycles. The van der Waals surface area contributed by atoms with Crippen molar-refractivity contribution in [2.45, 2.75) is 20.5 Å². The third kappa shape index (κ3) is 5.62. The van der Waals surface area contributed by atoms with E-state index < -0.39 is 5.91 Å². The molecule has 0 saturated carbocycles. The zero-order valence-electron chi connectivity index (χ0n) is 18.3. The van der Waals surface area contributed by atoms with Gasteiger partial charge in [0.15, 0.2) is 17.3 Å². The number of amides is 1. The average Bonchev–Trinajstić information content (AvgIpc) is 3.24. The first kappa shape index (κ1) is 22.6. The molecule has 0 spiro atoms. The van der Waals surface area contributed by atoms with Gasteiger partial charge in [-0.2, -0.15) is 5.10 Å². The van der Waals surface area contributed by atoms with Crippen LogP contribution in [0.25, 0.3) is 11.0 Å². The molecule has 168 valence electrons. The number of carbonyl (C=O) groups excluding carboxylic acids is 1. The van der Waals surface area contributed by atoms with Crippen molar-refractivity contribution in [2.24, 2.45) is 5.10 Å². The monoisotopic (exact) mass is 506 g/mol. The van der Waals surface area contributed by atoms with Crippen LogP contribution in [-0.2, 0) is 6.61 Å². The van der Waals surface area contributed by atoms with E-state index in [1.165, 1.54) is 11.8 Å². The van der Waals surface area contributed by atoms with Crippen molar-refractivity contribution < 1.29 is 18.7 Å². The van der Waals surface area contributed by atoms with E-state index in [1.807, 2.05) is 68.4 Å². The number of fused-ring (bicyclic) bond motifs is 1. The van der Waals surface area contributed by atoms with Crippen molar-refractivity contribution in [3.63, 3.8) is 0 Å². The topological polar surface area (TPSA) is 73.1 Å². The van der Waals surface area contributed by atoms with Crippen LogP contribution in [0.2, 0.25) is 0 Å². The zero-order valence-corrected chi connectivity index (χ0v) is 19.9. The third-order valence-electron chi connectivity index (χ3n) is 4.86. The molecular weight excluding hydrogens is 484 g/mol. The van der Waals surface area contributed by atoms with E-state index in [4.69, 9.17) is 13.9 Å². The second-order valence-corrected chi connectivity index (χ2v) is 8.23. The van der Waals surface area contributed by atoms with E-state index in [1.54, 1.807) is 6.07 Å². The van der Waals surface area contributed by atoms with Gasteiger partial charge in [-0.1, -0.05) is 48.0 Å². The molecule has 0 saturated heterocycles. The number of nitrogens with one attached hydrogen (secondary N) is 1. The van der Waals surface area contributed by atoms with E-state index in [-0.39, 0.29) is 5.76 Å². The predicted molar refractivity (Wildman–Crippen MR) is 132 cm³/mol. The predicted octanol–water partition coefficient (Wildman–Crippen LogP) is 6.25. The Labute approximate surface area is 200 Å². The number of aryl methyl sites for hydroxylation is 1. The lowest BCUT2D eigenvalue weighted by atomic mass is 10.1. The standard InChI is InChI=1S/C26H23BrN2O4/c1-3-31-23-13-20(21(27)14-24(23)32-16-18-8-6-7-17(2)11-18)15-28-29-26(30)25-12-19-9-4-5-10-22(19)33-25/h4-15H,3,16H2,1-2H3,(H,29,30)/b28-15+. The van der Waals surface area contributed by atoms with Gasteiger partial charge in [-0.05, 0) is 59.6 Å². The minimum Gasteiger partial charge on any atom is -0.490 e. The molecule has 0 bridgehead atoms. The lowest BCUT2D eigenvalue weighted by Crippen LogP contribution is -2.16. The molecule has 1 aromatic heterocycles. The Morgan fingerprint density at radius 1 is 1.06 bits per heavy atom. The molecule has 33 heavy (non-hydrogen) atoms. The Kier molecular flexibility index (Phi) is 7.10. The van der Waals surface area contributed by atoms with Gasteiger partial charge in [0.1, 0.15) is 12.2 Å². The van der Waals surface area contributed by atoms with E-state index in [0.717, 1.165) is 21.0 Å². The summed E-state index contributed by atoms with van der Waals surface area (Å²) in [6.45, 7) is 4.87. The first-order valence-electron chi connectivity index (χ1n) is 10.5. The number of nitrogens with zero attached hydrogens (tertiary/aromatic N) is 1. The number of halogens is 1. The van der Waals surface area contributed by atoms with Crippen molar-refractivity contribution in [1.82, 2.24) is 5.43 Å². The normalized spacial score (nSPS) is 11.1. The summed E-state index contributed by atoms with van der Waals surface area (Å²) in [6, 6.07) is 20.9. The van der Waals surface area contributed by atoms with E-state index in [2.05, 4.69) is 32.5 Å². The smallest absolute Gasteiger partial charge is 0.307 e. The number of rotatable bonds is 8. The fraction of sp³-hybridized carbons (Fsp3) is 0.154. The number of ether oxygens (including phenoxy) is 2. The second-order valence-electron chi connectivity index (χ2n) is 7.38. The van der Waals surface area contributed by atoms with E-state index in [0.29, 0.717) is 30.3 Å². The van der Waals surface area contributed by atoms with Crippen molar-refractivity contribution >= 4 is 39.0 Å². The van der Waals surface area contributed by atoms with E-state index in [9.17, 15) is 4.79 Å². The molecule has 3 aromatic carbocycles. The Bertz CT molecular complexity index is 1280. The molecule has 1 amide bonds. The van der Waals surface area contributed by atoms with Crippen LogP contribution in [0.5, 0.6) is 11.5 Å². The van der Waals surface area contributed by atoms with Crippen LogP contribution in [0.4, 0.5) is 0 Å². The van der Waals surface area contributed by atoms with Crippen LogP contribution in [0.15, 0.2) is 80.7 Å². The Hall–Kier alpha value is -3.58. The summed E-state index contributed by atoms with van der Waals surface area (Å²) in [5, 5.41) is 4.93. The SMILES string of the molecule is CCOc1cc(/C=N/NC(=O)c2cc3ccccc3o2)c(Br)cc1OCc1cccc(C)c1. The largest absolute Gasteiger partial charge is 0.490 e. The summed E-state index contributed by atoms with van der Waals surface area (Å²) in [4.78, 5) is 12.4. The maximum Gasteiger partial charge on any atom is 0.307 e. The maximum absolute atomic E-state index is 12.4. The minimum atomic E-state index is -0.429. The molecule has 0 unspecified atom stereocenters. The number of para-hydroxylation sites is 1.